The largest absolute Gasteiger partial charge is 0.480 e. The molecule has 1 aromatic heterocycles. The standard InChI is InChI=1S/C15H20N4O3/c16-12(14(20)21)6-8-18-15(22)17-7-5-11-9-10-3-1-2-4-13(10)19-11/h1-4,9,12,19H,5-8,16H2,(H,20,21)(H2,17,18,22). The van der Waals surface area contributed by atoms with Gasteiger partial charge in [0.05, 0.1) is 0 Å². The van der Waals surface area contributed by atoms with Gasteiger partial charge in [-0.2, -0.15) is 0 Å². The molecule has 118 valence electrons. The number of rotatable bonds is 7. The highest BCUT2D eigenvalue weighted by molar-refractivity contribution is 5.80. The fraction of sp³-hybridized carbons (Fsp3) is 0.333. The molecule has 0 aliphatic heterocycles. The first kappa shape index (κ1) is 15.8. The van der Waals surface area contributed by atoms with Crippen LogP contribution in [0.15, 0.2) is 30.3 Å². The van der Waals surface area contributed by atoms with E-state index in [9.17, 15) is 9.59 Å². The molecule has 6 N–H and O–H groups in total. The number of carboxylic acid groups (broad SMARTS) is 1. The van der Waals surface area contributed by atoms with Gasteiger partial charge in [-0.3, -0.25) is 4.79 Å². The summed E-state index contributed by atoms with van der Waals surface area (Å²) in [6, 6.07) is 8.76. The van der Waals surface area contributed by atoms with Gasteiger partial charge in [-0.05, 0) is 23.9 Å². The van der Waals surface area contributed by atoms with Gasteiger partial charge in [0.15, 0.2) is 0 Å². The van der Waals surface area contributed by atoms with Gasteiger partial charge in [-0.25, -0.2) is 4.79 Å². The normalized spacial score (nSPS) is 12.0. The lowest BCUT2D eigenvalue weighted by Gasteiger charge is -2.09. The van der Waals surface area contributed by atoms with E-state index in [4.69, 9.17) is 10.8 Å². The molecule has 0 bridgehead atoms. The van der Waals surface area contributed by atoms with Crippen molar-refractivity contribution in [3.63, 3.8) is 0 Å². The minimum absolute atomic E-state index is 0.199. The molecule has 0 fully saturated rings. The number of nitrogens with two attached hydrogens (primary N) is 1. The van der Waals surface area contributed by atoms with Gasteiger partial charge >= 0.3 is 12.0 Å². The average molecular weight is 304 g/mol. The predicted molar refractivity (Wildman–Crippen MR) is 83.6 cm³/mol. The van der Waals surface area contributed by atoms with E-state index >= 15 is 0 Å². The van der Waals surface area contributed by atoms with Crippen LogP contribution in [0.5, 0.6) is 0 Å². The number of hydrogen-bond donors (Lipinski definition) is 5. The zero-order valence-electron chi connectivity index (χ0n) is 12.1. The molecule has 0 saturated carbocycles. The van der Waals surface area contributed by atoms with E-state index in [0.717, 1.165) is 16.6 Å². The van der Waals surface area contributed by atoms with Crippen molar-refractivity contribution in [3.8, 4) is 0 Å². The number of aliphatic carboxylic acids is 1. The van der Waals surface area contributed by atoms with E-state index in [2.05, 4.69) is 21.7 Å². The zero-order valence-corrected chi connectivity index (χ0v) is 12.1. The van der Waals surface area contributed by atoms with Gasteiger partial charge in [-0.15, -0.1) is 0 Å². The fourth-order valence-corrected chi connectivity index (χ4v) is 2.11. The Bertz CT molecular complexity index is 620. The van der Waals surface area contributed by atoms with E-state index in [0.29, 0.717) is 13.0 Å². The molecule has 1 heterocycles. The third kappa shape index (κ3) is 4.49. The average Bonchev–Trinajstić information content (AvgIpc) is 2.89. The molecule has 2 amide bonds. The number of nitrogens with one attached hydrogen (secondary N) is 3. The van der Waals surface area contributed by atoms with Crippen molar-refractivity contribution < 1.29 is 14.7 Å². The smallest absolute Gasteiger partial charge is 0.320 e. The van der Waals surface area contributed by atoms with Crippen LogP contribution in [-0.4, -0.2) is 41.2 Å². The number of carbonyl (C=O) groups excluding carboxylic acids is 1. The molecule has 7 nitrogen and oxygen atoms in total. The summed E-state index contributed by atoms with van der Waals surface area (Å²) in [6.07, 6.45) is 0.890. The van der Waals surface area contributed by atoms with Crippen LogP contribution in [0.25, 0.3) is 10.9 Å². The number of aromatic amines is 1. The minimum Gasteiger partial charge on any atom is -0.480 e. The van der Waals surface area contributed by atoms with E-state index in [1.807, 2.05) is 24.3 Å². The van der Waals surface area contributed by atoms with Crippen molar-refractivity contribution in [3.05, 3.63) is 36.0 Å². The van der Waals surface area contributed by atoms with Gasteiger partial charge < -0.3 is 26.5 Å². The first-order valence-corrected chi connectivity index (χ1v) is 7.13. The topological polar surface area (TPSA) is 120 Å². The molecule has 1 unspecified atom stereocenters. The van der Waals surface area contributed by atoms with Gasteiger partial charge in [0.2, 0.25) is 0 Å². The predicted octanol–water partition coefficient (Wildman–Crippen LogP) is 0.812. The Labute approximate surface area is 127 Å². The van der Waals surface area contributed by atoms with Crippen molar-refractivity contribution in [2.24, 2.45) is 5.73 Å². The Hall–Kier alpha value is -2.54. The summed E-state index contributed by atoms with van der Waals surface area (Å²) >= 11 is 0. The van der Waals surface area contributed by atoms with Gasteiger partial charge in [-0.1, -0.05) is 18.2 Å². The molecule has 2 aromatic rings. The van der Waals surface area contributed by atoms with Gasteiger partial charge in [0.25, 0.3) is 0 Å². The van der Waals surface area contributed by atoms with Crippen molar-refractivity contribution in [2.75, 3.05) is 13.1 Å². The summed E-state index contributed by atoms with van der Waals surface area (Å²) in [4.78, 5) is 25.3. The SMILES string of the molecule is NC(CCNC(=O)NCCc1cc2ccccc2[nH]1)C(=O)O. The van der Waals surface area contributed by atoms with E-state index < -0.39 is 12.0 Å². The number of H-pyrrole nitrogens is 1. The van der Waals surface area contributed by atoms with E-state index in [1.165, 1.54) is 0 Å². The lowest BCUT2D eigenvalue weighted by molar-refractivity contribution is -0.138. The van der Waals surface area contributed by atoms with Gasteiger partial charge in [0, 0.05) is 30.7 Å². The molecule has 0 radical (unpaired) electrons. The Morgan fingerprint density at radius 2 is 1.95 bits per heavy atom. The van der Waals surface area contributed by atoms with Crippen molar-refractivity contribution >= 4 is 22.9 Å². The first-order chi connectivity index (χ1) is 10.6. The summed E-state index contributed by atoms with van der Waals surface area (Å²) in [5, 5.41) is 15.1. The summed E-state index contributed by atoms with van der Waals surface area (Å²) in [7, 11) is 0. The maximum atomic E-state index is 11.5. The van der Waals surface area contributed by atoms with Gasteiger partial charge in [0.1, 0.15) is 6.04 Å². The van der Waals surface area contributed by atoms with Crippen LogP contribution in [0.1, 0.15) is 12.1 Å². The highest BCUT2D eigenvalue weighted by Crippen LogP contribution is 2.14. The van der Waals surface area contributed by atoms with Crippen LogP contribution >= 0.6 is 0 Å². The molecule has 22 heavy (non-hydrogen) atoms. The second-order valence-electron chi connectivity index (χ2n) is 5.05. The second kappa shape index (κ2) is 7.46. The van der Waals surface area contributed by atoms with E-state index in [1.54, 1.807) is 0 Å². The maximum absolute atomic E-state index is 11.5. The molecule has 0 spiro atoms. The molecular weight excluding hydrogens is 284 g/mol. The van der Waals surface area contributed by atoms with Crippen LogP contribution in [0, 0.1) is 0 Å². The van der Waals surface area contributed by atoms with Crippen LogP contribution < -0.4 is 16.4 Å². The molecule has 0 aliphatic rings. The number of carboxylic acids is 1. The number of hydrogen-bond acceptors (Lipinski definition) is 3. The molecule has 1 atom stereocenters. The Kier molecular flexibility index (Phi) is 5.37. The maximum Gasteiger partial charge on any atom is 0.320 e. The van der Waals surface area contributed by atoms with Crippen LogP contribution in [0.3, 0.4) is 0 Å². The summed E-state index contributed by atoms with van der Waals surface area (Å²) in [6.45, 7) is 0.718. The first-order valence-electron chi connectivity index (χ1n) is 7.13. The molecule has 2 rings (SSSR count). The number of carbonyl (C=O) groups is 2. The van der Waals surface area contributed by atoms with Crippen molar-refractivity contribution in [1.82, 2.24) is 15.6 Å². The van der Waals surface area contributed by atoms with Crippen molar-refractivity contribution in [2.45, 2.75) is 18.9 Å². The summed E-state index contributed by atoms with van der Waals surface area (Å²) < 4.78 is 0. The highest BCUT2D eigenvalue weighted by atomic mass is 16.4. The number of benzene rings is 1. The zero-order chi connectivity index (χ0) is 15.9. The molecular formula is C15H20N4O3. The molecule has 0 saturated heterocycles. The molecule has 7 heteroatoms. The minimum atomic E-state index is -1.07. The lowest BCUT2D eigenvalue weighted by atomic mass is 10.2. The number of aromatic nitrogens is 1. The Balaban J connectivity index is 1.67. The number of para-hydroxylation sites is 1. The van der Waals surface area contributed by atoms with Crippen molar-refractivity contribution in [1.29, 1.82) is 0 Å². The quantitative estimate of drug-likeness (QED) is 0.520. The third-order valence-electron chi connectivity index (χ3n) is 3.32. The van der Waals surface area contributed by atoms with Crippen LogP contribution in [0.2, 0.25) is 0 Å². The van der Waals surface area contributed by atoms with Crippen LogP contribution in [0.4, 0.5) is 4.79 Å². The number of urea groups is 1. The van der Waals surface area contributed by atoms with E-state index in [-0.39, 0.29) is 19.0 Å². The lowest BCUT2D eigenvalue weighted by Crippen LogP contribution is -2.40. The fourth-order valence-electron chi connectivity index (χ4n) is 2.11. The monoisotopic (exact) mass is 304 g/mol. The Morgan fingerprint density at radius 1 is 1.23 bits per heavy atom. The highest BCUT2D eigenvalue weighted by Gasteiger charge is 2.11. The number of amides is 2. The molecule has 0 aliphatic carbocycles. The summed E-state index contributed by atoms with van der Waals surface area (Å²) in [5.74, 6) is -1.07. The molecule has 1 aromatic carbocycles. The second-order valence-corrected chi connectivity index (χ2v) is 5.05. The summed E-state index contributed by atoms with van der Waals surface area (Å²) in [5.41, 5.74) is 7.46. The third-order valence-corrected chi connectivity index (χ3v) is 3.32. The number of fused-ring (bicyclic) bond motifs is 1. The Morgan fingerprint density at radius 3 is 2.68 bits per heavy atom. The van der Waals surface area contributed by atoms with Crippen LogP contribution in [-0.2, 0) is 11.2 Å².